The number of fused-ring (bicyclic) bond motifs is 1. The fourth-order valence-electron chi connectivity index (χ4n) is 4.87. The molecule has 0 unspecified atom stereocenters. The number of amides is 1. The molecule has 1 N–H and O–H groups in total. The summed E-state index contributed by atoms with van der Waals surface area (Å²) in [4.78, 5) is 27.3. The molecule has 0 aliphatic heterocycles. The van der Waals surface area contributed by atoms with Gasteiger partial charge in [0, 0.05) is 23.3 Å². The van der Waals surface area contributed by atoms with Gasteiger partial charge >= 0.3 is 5.97 Å². The first-order valence-electron chi connectivity index (χ1n) is 13.4. The molecule has 1 aliphatic carbocycles. The van der Waals surface area contributed by atoms with Crippen molar-refractivity contribution in [1.82, 2.24) is 24.5 Å². The monoisotopic (exact) mass is 660 g/mol. The van der Waals surface area contributed by atoms with Crippen molar-refractivity contribution in [2.24, 2.45) is 13.0 Å². The van der Waals surface area contributed by atoms with Crippen LogP contribution in [0.1, 0.15) is 53.2 Å². The second kappa shape index (κ2) is 12.5. The first kappa shape index (κ1) is 29.5. The molecular weight excluding hydrogens is 631 g/mol. The quantitative estimate of drug-likeness (QED) is 0.165. The number of carbonyl (C=O) groups is 2. The summed E-state index contributed by atoms with van der Waals surface area (Å²) in [5, 5.41) is 17.2. The van der Waals surface area contributed by atoms with Crippen molar-refractivity contribution in [3.63, 3.8) is 0 Å². The lowest BCUT2D eigenvalue weighted by atomic mass is 9.85. The summed E-state index contributed by atoms with van der Waals surface area (Å²) in [7, 11) is 1.83. The lowest BCUT2D eigenvalue weighted by Gasteiger charge is -2.20. The Labute approximate surface area is 254 Å². The highest BCUT2D eigenvalue weighted by atomic mass is 79.9. The summed E-state index contributed by atoms with van der Waals surface area (Å²) >= 11 is 6.25. The molecule has 1 aromatic carbocycles. The number of halogens is 2. The first-order chi connectivity index (χ1) is 19.7. The lowest BCUT2D eigenvalue weighted by Crippen LogP contribution is -2.18. The van der Waals surface area contributed by atoms with E-state index in [1.54, 1.807) is 28.3 Å². The predicted octanol–water partition coefficient (Wildman–Crippen LogP) is 6.36. The minimum absolute atomic E-state index is 0.0180. The third-order valence-electron chi connectivity index (χ3n) is 7.20. The van der Waals surface area contributed by atoms with Crippen LogP contribution in [-0.4, -0.2) is 48.8 Å². The third-order valence-corrected chi connectivity index (χ3v) is 10.2. The molecule has 216 valence electrons. The van der Waals surface area contributed by atoms with Gasteiger partial charge in [-0.1, -0.05) is 25.1 Å². The Kier molecular flexibility index (Phi) is 8.95. The number of aromatic nitrogens is 5. The molecule has 0 spiro atoms. The lowest BCUT2D eigenvalue weighted by molar-refractivity contribution is -0.113. The van der Waals surface area contributed by atoms with Gasteiger partial charge in [0.05, 0.1) is 22.4 Å². The van der Waals surface area contributed by atoms with E-state index in [1.807, 2.05) is 14.0 Å². The molecule has 0 bridgehead atoms. The van der Waals surface area contributed by atoms with Gasteiger partial charge in [-0.15, -0.1) is 21.5 Å². The summed E-state index contributed by atoms with van der Waals surface area (Å²) in [5.74, 6) is -0.00462. The molecule has 1 atom stereocenters. The van der Waals surface area contributed by atoms with Crippen LogP contribution >= 0.6 is 39.0 Å². The van der Waals surface area contributed by atoms with Crippen LogP contribution in [-0.2, 0) is 29.4 Å². The van der Waals surface area contributed by atoms with E-state index in [1.165, 1.54) is 35.2 Å². The highest BCUT2D eigenvalue weighted by Gasteiger charge is 2.30. The summed E-state index contributed by atoms with van der Waals surface area (Å²) in [6.45, 7) is 6.14. The van der Waals surface area contributed by atoms with E-state index < -0.39 is 5.97 Å². The van der Waals surface area contributed by atoms with Crippen molar-refractivity contribution < 1.29 is 18.7 Å². The number of nitrogens with zero attached hydrogens (tertiary/aromatic N) is 5. The topological polar surface area (TPSA) is 104 Å². The van der Waals surface area contributed by atoms with Gasteiger partial charge in [0.1, 0.15) is 16.5 Å². The number of anilines is 1. The van der Waals surface area contributed by atoms with Gasteiger partial charge in [0.2, 0.25) is 5.91 Å². The molecule has 0 radical (unpaired) electrons. The van der Waals surface area contributed by atoms with Crippen molar-refractivity contribution in [3.8, 4) is 17.2 Å². The molecule has 3 aromatic heterocycles. The van der Waals surface area contributed by atoms with Gasteiger partial charge in [0.25, 0.3) is 0 Å². The van der Waals surface area contributed by atoms with Crippen molar-refractivity contribution in [3.05, 3.63) is 56.3 Å². The van der Waals surface area contributed by atoms with E-state index in [4.69, 9.17) is 4.74 Å². The molecular formula is C28H30BrFN6O3S2. The maximum absolute atomic E-state index is 13.7. The Morgan fingerprint density at radius 2 is 2.00 bits per heavy atom. The molecule has 41 heavy (non-hydrogen) atoms. The number of hydrogen-bond donors (Lipinski definition) is 1. The van der Waals surface area contributed by atoms with Crippen LogP contribution in [0.15, 0.2) is 33.9 Å². The average molecular weight is 662 g/mol. The van der Waals surface area contributed by atoms with Gasteiger partial charge in [-0.3, -0.25) is 14.0 Å². The van der Waals surface area contributed by atoms with Crippen molar-refractivity contribution in [2.45, 2.75) is 51.6 Å². The normalized spacial score (nSPS) is 14.6. The number of hydrogen-bond acceptors (Lipinski definition) is 8. The molecule has 4 aromatic rings. The maximum Gasteiger partial charge on any atom is 0.341 e. The largest absolute Gasteiger partial charge is 0.462 e. The predicted molar refractivity (Wildman–Crippen MR) is 161 cm³/mol. The minimum Gasteiger partial charge on any atom is -0.462 e. The summed E-state index contributed by atoms with van der Waals surface area (Å²) < 4.78 is 23.3. The van der Waals surface area contributed by atoms with Crippen LogP contribution < -0.4 is 5.32 Å². The van der Waals surface area contributed by atoms with Gasteiger partial charge in [-0.25, -0.2) is 9.18 Å². The Morgan fingerprint density at radius 1 is 1.24 bits per heavy atom. The zero-order valence-electron chi connectivity index (χ0n) is 23.2. The summed E-state index contributed by atoms with van der Waals surface area (Å²) in [6, 6.07) is 5.97. The van der Waals surface area contributed by atoms with Crippen molar-refractivity contribution >= 4 is 55.9 Å². The molecule has 1 amide bonds. The van der Waals surface area contributed by atoms with Crippen LogP contribution in [0.25, 0.3) is 17.2 Å². The number of rotatable bonds is 9. The number of esters is 1. The van der Waals surface area contributed by atoms with Crippen LogP contribution in [0.2, 0.25) is 0 Å². The smallest absolute Gasteiger partial charge is 0.341 e. The van der Waals surface area contributed by atoms with E-state index in [-0.39, 0.29) is 24.1 Å². The van der Waals surface area contributed by atoms with Crippen LogP contribution in [0.4, 0.5) is 9.39 Å². The summed E-state index contributed by atoms with van der Waals surface area (Å²) in [6.07, 6.45) is 3.80. The number of nitrogens with one attached hydrogen (secondary N) is 1. The minimum atomic E-state index is -0.403. The van der Waals surface area contributed by atoms with E-state index in [9.17, 15) is 14.0 Å². The second-order valence-electron chi connectivity index (χ2n) is 9.77. The van der Waals surface area contributed by atoms with Gasteiger partial charge in [0.15, 0.2) is 11.0 Å². The molecule has 9 nitrogen and oxygen atoms in total. The molecule has 0 fully saturated rings. The fourth-order valence-corrected chi connectivity index (χ4v) is 7.50. The molecule has 0 saturated carbocycles. The number of thioether (sulfide) groups is 1. The second-order valence-corrected chi connectivity index (χ2v) is 12.6. The molecule has 13 heteroatoms. The molecule has 3 heterocycles. The van der Waals surface area contributed by atoms with Crippen LogP contribution in [0, 0.1) is 18.7 Å². The summed E-state index contributed by atoms with van der Waals surface area (Å²) in [5.41, 5.74) is 3.59. The Hall–Kier alpha value is -3.03. The van der Waals surface area contributed by atoms with E-state index in [0.717, 1.165) is 46.3 Å². The van der Waals surface area contributed by atoms with Crippen LogP contribution in [0.5, 0.6) is 0 Å². The van der Waals surface area contributed by atoms with Gasteiger partial charge in [-0.2, -0.15) is 5.10 Å². The Bertz CT molecular complexity index is 1600. The highest BCUT2D eigenvalue weighted by Crippen LogP contribution is 2.41. The fraction of sp³-hybridized carbons (Fsp3) is 0.393. The van der Waals surface area contributed by atoms with E-state index in [0.29, 0.717) is 38.8 Å². The number of aryl methyl sites for hydroxylation is 1. The Morgan fingerprint density at radius 3 is 2.66 bits per heavy atom. The van der Waals surface area contributed by atoms with Crippen LogP contribution in [0.3, 0.4) is 0 Å². The number of ether oxygens (including phenoxy) is 1. The average Bonchev–Trinajstić information content (AvgIpc) is 3.61. The maximum atomic E-state index is 13.7. The van der Waals surface area contributed by atoms with E-state index in [2.05, 4.69) is 43.5 Å². The Balaban J connectivity index is 1.41. The SMILES string of the molecule is CCOC(=O)c1c(NC(=O)CSc2nnc(-c3nn(C)c(C)c3Br)n2-c2ccc(F)cc2)sc2c1CC[C@@H](CC)C2. The standard InChI is InChI=1S/C28H30BrFN6O3S2/c1-5-16-7-12-19-20(13-16)41-26(22(19)27(38)39-6-2)31-21(37)14-40-28-33-32-25(24-23(29)15(3)35(4)34-24)36(28)18-10-8-17(30)9-11-18/h8-11,16H,5-7,12-14H2,1-4H3,(H,31,37)/t16-/m1/s1. The van der Waals surface area contributed by atoms with Gasteiger partial charge in [-0.05, 0) is 84.8 Å². The highest BCUT2D eigenvalue weighted by molar-refractivity contribution is 9.10. The zero-order chi connectivity index (χ0) is 29.3. The van der Waals surface area contributed by atoms with Crippen molar-refractivity contribution in [2.75, 3.05) is 17.7 Å². The molecule has 1 aliphatic rings. The molecule has 5 rings (SSSR count). The number of benzene rings is 1. The molecule has 0 saturated heterocycles. The van der Waals surface area contributed by atoms with Crippen molar-refractivity contribution in [1.29, 1.82) is 0 Å². The zero-order valence-corrected chi connectivity index (χ0v) is 26.4. The van der Waals surface area contributed by atoms with Gasteiger partial charge < -0.3 is 10.1 Å². The first-order valence-corrected chi connectivity index (χ1v) is 16.0. The number of thiophene rings is 1. The third kappa shape index (κ3) is 5.98. The number of carbonyl (C=O) groups excluding carboxylic acids is 2. The van der Waals surface area contributed by atoms with E-state index >= 15 is 0 Å².